The molecule has 1 atom stereocenters. The Kier molecular flexibility index (Phi) is 14.3. The fourth-order valence-electron chi connectivity index (χ4n) is 1.33. The molecule has 7 nitrogen and oxygen atoms in total. The second-order valence-electron chi connectivity index (χ2n) is 4.23. The Hall–Kier alpha value is -0.760. The van der Waals surface area contributed by atoms with Crippen molar-refractivity contribution >= 4 is 46.9 Å². The Labute approximate surface area is 146 Å². The Balaban J connectivity index is 3.61. The van der Waals surface area contributed by atoms with Crippen molar-refractivity contribution in [3.63, 3.8) is 0 Å². The van der Waals surface area contributed by atoms with E-state index in [9.17, 15) is 14.4 Å². The molecular weight excluding hydrogens is 359 g/mol. The van der Waals surface area contributed by atoms with E-state index in [1.54, 1.807) is 6.92 Å². The van der Waals surface area contributed by atoms with E-state index >= 15 is 0 Å². The van der Waals surface area contributed by atoms with Crippen molar-refractivity contribution in [1.82, 2.24) is 10.6 Å². The van der Waals surface area contributed by atoms with Crippen molar-refractivity contribution in [3.8, 4) is 0 Å². The summed E-state index contributed by atoms with van der Waals surface area (Å²) >= 11 is 6.58. The van der Waals surface area contributed by atoms with Crippen LogP contribution in [-0.4, -0.2) is 56.2 Å². The standard InChI is InChI=1S/C13H23N2O5PS2/c1-3-19-10-21(22)23-9-12(17)15-7-5-11(16)14-8-6-13(18)20-4-2/h3-10H2,1-2H3,(H-,14,15,16,17)/p+1. The normalized spacial score (nSPS) is 10.8. The minimum Gasteiger partial charge on any atom is -0.466 e. The molecule has 0 saturated carbocycles. The summed E-state index contributed by atoms with van der Waals surface area (Å²) in [5.41, 5.74) is 0. The molecule has 0 aliphatic carbocycles. The van der Waals surface area contributed by atoms with Crippen LogP contribution in [-0.2, 0) is 35.7 Å². The molecule has 0 spiro atoms. The summed E-state index contributed by atoms with van der Waals surface area (Å²) in [7, 11) is 0. The quantitative estimate of drug-likeness (QED) is 0.364. The summed E-state index contributed by atoms with van der Waals surface area (Å²) in [6.45, 7) is 5.06. The third-order valence-electron chi connectivity index (χ3n) is 2.37. The van der Waals surface area contributed by atoms with Gasteiger partial charge in [0, 0.05) is 26.1 Å². The van der Waals surface area contributed by atoms with E-state index in [4.69, 9.17) is 21.3 Å². The van der Waals surface area contributed by atoms with E-state index in [0.717, 1.165) is 0 Å². The van der Waals surface area contributed by atoms with Crippen LogP contribution >= 0.6 is 17.3 Å². The molecule has 0 aliphatic heterocycles. The van der Waals surface area contributed by atoms with Crippen LogP contribution in [0.1, 0.15) is 26.7 Å². The first-order chi connectivity index (χ1) is 11.0. The highest BCUT2D eigenvalue weighted by Crippen LogP contribution is 2.37. The maximum atomic E-state index is 11.6. The number of nitrogens with one attached hydrogen (secondary N) is 2. The summed E-state index contributed by atoms with van der Waals surface area (Å²) in [6.07, 6.45) is 0.813. The predicted molar refractivity (Wildman–Crippen MR) is 95.1 cm³/mol. The van der Waals surface area contributed by atoms with E-state index < -0.39 is 5.90 Å². The second kappa shape index (κ2) is 14.8. The molecule has 0 aromatic carbocycles. The molecule has 2 amide bonds. The van der Waals surface area contributed by atoms with Crippen LogP contribution < -0.4 is 10.6 Å². The number of carbonyl (C=O) groups is 3. The minimum absolute atomic E-state index is 0.144. The predicted octanol–water partition coefficient (Wildman–Crippen LogP) is 1.15. The average molecular weight is 383 g/mol. The maximum Gasteiger partial charge on any atom is 0.307 e. The summed E-state index contributed by atoms with van der Waals surface area (Å²) in [4.78, 5) is 34.1. The Morgan fingerprint density at radius 3 is 2.35 bits per heavy atom. The van der Waals surface area contributed by atoms with Crippen LogP contribution in [0.2, 0.25) is 0 Å². The highest BCUT2D eigenvalue weighted by Gasteiger charge is 2.15. The number of carbonyl (C=O) groups excluding carboxylic acids is 3. The number of ether oxygens (including phenoxy) is 2. The van der Waals surface area contributed by atoms with Crippen LogP contribution in [0.25, 0.3) is 0 Å². The lowest BCUT2D eigenvalue weighted by molar-refractivity contribution is -0.143. The van der Waals surface area contributed by atoms with Crippen LogP contribution in [0.3, 0.4) is 0 Å². The van der Waals surface area contributed by atoms with Gasteiger partial charge in [-0.25, -0.2) is 0 Å². The van der Waals surface area contributed by atoms with Gasteiger partial charge in [-0.3, -0.25) is 14.4 Å². The molecule has 0 heterocycles. The maximum absolute atomic E-state index is 11.6. The molecule has 0 aromatic rings. The van der Waals surface area contributed by atoms with Crippen molar-refractivity contribution in [2.24, 2.45) is 0 Å². The van der Waals surface area contributed by atoms with E-state index in [0.29, 0.717) is 19.6 Å². The van der Waals surface area contributed by atoms with Gasteiger partial charge in [-0.05, 0) is 13.8 Å². The third-order valence-corrected chi connectivity index (χ3v) is 6.28. The first kappa shape index (κ1) is 22.2. The van der Waals surface area contributed by atoms with Crippen molar-refractivity contribution in [2.75, 3.05) is 38.4 Å². The van der Waals surface area contributed by atoms with Crippen molar-refractivity contribution < 1.29 is 23.9 Å². The van der Waals surface area contributed by atoms with E-state index in [2.05, 4.69) is 10.6 Å². The SMILES string of the molecule is CCOC[P+](=S)SCC(=O)NCCC(=O)NCCC(=O)OCC. The number of rotatable bonds is 13. The first-order valence-corrected chi connectivity index (χ1v) is 11.5. The van der Waals surface area contributed by atoms with Gasteiger partial charge < -0.3 is 20.1 Å². The molecule has 0 bridgehead atoms. The van der Waals surface area contributed by atoms with Crippen LogP contribution in [0.15, 0.2) is 0 Å². The van der Waals surface area contributed by atoms with Gasteiger partial charge in [0.25, 0.3) is 5.90 Å². The fraction of sp³-hybridized carbons (Fsp3) is 0.769. The summed E-state index contributed by atoms with van der Waals surface area (Å²) in [6, 6.07) is 0. The first-order valence-electron chi connectivity index (χ1n) is 7.33. The van der Waals surface area contributed by atoms with E-state index in [1.165, 1.54) is 11.4 Å². The van der Waals surface area contributed by atoms with Crippen LogP contribution in [0.5, 0.6) is 0 Å². The highest BCUT2D eigenvalue weighted by atomic mass is 32.9. The molecule has 0 fully saturated rings. The topological polar surface area (TPSA) is 93.7 Å². The van der Waals surface area contributed by atoms with Gasteiger partial charge in [-0.1, -0.05) is 0 Å². The van der Waals surface area contributed by atoms with Gasteiger partial charge >= 0.3 is 5.97 Å². The average Bonchev–Trinajstić information content (AvgIpc) is 2.51. The second-order valence-corrected chi connectivity index (χ2v) is 9.82. The molecule has 2 N–H and O–H groups in total. The Morgan fingerprint density at radius 1 is 1.04 bits per heavy atom. The molecule has 0 saturated heterocycles. The molecule has 0 rings (SSSR count). The van der Waals surface area contributed by atoms with Crippen molar-refractivity contribution in [1.29, 1.82) is 0 Å². The Morgan fingerprint density at radius 2 is 1.70 bits per heavy atom. The van der Waals surface area contributed by atoms with Gasteiger partial charge in [0.1, 0.15) is 17.1 Å². The smallest absolute Gasteiger partial charge is 0.307 e. The van der Waals surface area contributed by atoms with Crippen molar-refractivity contribution in [3.05, 3.63) is 0 Å². The van der Waals surface area contributed by atoms with Crippen LogP contribution in [0, 0.1) is 0 Å². The monoisotopic (exact) mass is 383 g/mol. The summed E-state index contributed by atoms with van der Waals surface area (Å²) < 4.78 is 9.94. The molecule has 132 valence electrons. The lowest BCUT2D eigenvalue weighted by atomic mass is 10.3. The van der Waals surface area contributed by atoms with Gasteiger partial charge in [-0.2, -0.15) is 0 Å². The number of amides is 2. The fourth-order valence-corrected chi connectivity index (χ4v) is 4.02. The largest absolute Gasteiger partial charge is 0.466 e. The zero-order chi connectivity index (χ0) is 17.5. The van der Waals surface area contributed by atoms with Crippen molar-refractivity contribution in [2.45, 2.75) is 26.7 Å². The number of hydrogen-bond acceptors (Lipinski definition) is 7. The molecule has 1 unspecified atom stereocenters. The molecular formula is C13H24N2O5PS2+. The zero-order valence-electron chi connectivity index (χ0n) is 13.5. The van der Waals surface area contributed by atoms with Gasteiger partial charge in [0.15, 0.2) is 11.8 Å². The summed E-state index contributed by atoms with van der Waals surface area (Å²) in [5, 5.41) is 5.25. The van der Waals surface area contributed by atoms with Gasteiger partial charge in [-0.15, -0.1) is 0 Å². The van der Waals surface area contributed by atoms with E-state index in [-0.39, 0.29) is 49.5 Å². The van der Waals surface area contributed by atoms with Gasteiger partial charge in [0.2, 0.25) is 18.2 Å². The molecule has 23 heavy (non-hydrogen) atoms. The Bertz CT molecular complexity index is 410. The zero-order valence-corrected chi connectivity index (χ0v) is 16.0. The number of esters is 1. The van der Waals surface area contributed by atoms with E-state index in [1.807, 2.05) is 6.92 Å². The van der Waals surface area contributed by atoms with Crippen LogP contribution in [0.4, 0.5) is 0 Å². The number of hydrogen-bond donors (Lipinski definition) is 2. The molecule has 0 radical (unpaired) electrons. The third kappa shape index (κ3) is 14.6. The van der Waals surface area contributed by atoms with Gasteiger partial charge in [0.05, 0.1) is 13.0 Å². The molecule has 0 aliphatic rings. The molecule has 10 heteroatoms. The lowest BCUT2D eigenvalue weighted by Gasteiger charge is -2.06. The summed E-state index contributed by atoms with van der Waals surface area (Å²) in [5.74, 6) is -1.21. The minimum atomic E-state index is -0.770. The lowest BCUT2D eigenvalue weighted by Crippen LogP contribution is -2.32. The highest BCUT2D eigenvalue weighted by molar-refractivity contribution is 8.64. The molecule has 0 aromatic heterocycles.